The Morgan fingerprint density at radius 1 is 0.814 bits per heavy atom. The van der Waals surface area contributed by atoms with Gasteiger partial charge in [0.1, 0.15) is 0 Å². The van der Waals surface area contributed by atoms with Crippen LogP contribution in [0.15, 0.2) is 157 Å². The standard InChI is InChI=1S/C26H23NP.C5H5.C3H5.BF4.Fe.Pd/c1-21(22-12-5-2-6-13-22)27-20-23-14-11-19-26(23)28(24-15-7-3-8-16-24)25-17-9-4-10-18-25;1-2-4-5-3-1;1-3-2;2-1(3,4)5;;/h2-21H,1H3;1-5H;3H,1-2H2;;;/q4*-1;+2;/p+1/t21-;;;;;/m0...../s1. The third-order valence-corrected chi connectivity index (χ3v) is 7.89. The Kier molecular flexibility index (Phi) is 21.0. The summed E-state index contributed by atoms with van der Waals surface area (Å²) in [4.78, 5) is 4.85. The maximum atomic E-state index is 9.75. The molecule has 0 aliphatic rings. The van der Waals surface area contributed by atoms with Crippen molar-refractivity contribution in [2.45, 2.75) is 13.0 Å². The van der Waals surface area contributed by atoms with Crippen molar-refractivity contribution in [1.29, 1.82) is 0 Å². The van der Waals surface area contributed by atoms with Gasteiger partial charge in [-0.3, -0.25) is 0 Å². The van der Waals surface area contributed by atoms with E-state index in [1.165, 1.54) is 33.1 Å². The fraction of sp³-hybridized carbons (Fsp3) is 0.0588. The van der Waals surface area contributed by atoms with Gasteiger partial charge in [-0.1, -0.05) is 110 Å². The molecule has 5 rings (SSSR count). The molecule has 43 heavy (non-hydrogen) atoms. The zero-order valence-corrected chi connectivity index (χ0v) is 27.1. The summed E-state index contributed by atoms with van der Waals surface area (Å²) in [5.74, 6) is 0. The molecule has 0 radical (unpaired) electrons. The maximum absolute atomic E-state index is 9.75. The molecule has 0 spiro atoms. The molecule has 0 unspecified atom stereocenters. The first-order valence-electron chi connectivity index (χ1n) is 12.9. The van der Waals surface area contributed by atoms with Gasteiger partial charge >= 0.3 is 25.7 Å². The number of aliphatic imine (C=N–C) groups is 1. The Morgan fingerprint density at radius 3 is 1.63 bits per heavy atom. The average Bonchev–Trinajstić information content (AvgIpc) is 3.69. The first kappa shape index (κ1) is 40.0. The molecule has 1 nitrogen and oxygen atoms in total. The van der Waals surface area contributed by atoms with Crippen LogP contribution in [0.25, 0.3) is 0 Å². The summed E-state index contributed by atoms with van der Waals surface area (Å²) in [6.45, 7) is 8.64. The Bertz CT molecular complexity index is 1320. The molecule has 0 saturated heterocycles. The van der Waals surface area contributed by atoms with Crippen molar-refractivity contribution in [2.24, 2.45) is 4.99 Å². The van der Waals surface area contributed by atoms with Gasteiger partial charge in [0.25, 0.3) is 0 Å². The number of hydrogen-bond donors (Lipinski definition) is 0. The molecule has 0 aliphatic heterocycles. The molecule has 0 aromatic heterocycles. The maximum Gasteiger partial charge on any atom is 2.00 e. The Labute approximate surface area is 280 Å². The van der Waals surface area contributed by atoms with Crippen LogP contribution in [0.5, 0.6) is 0 Å². The van der Waals surface area contributed by atoms with E-state index in [4.69, 9.17) is 4.99 Å². The molecule has 0 saturated carbocycles. The minimum Gasteiger partial charge on any atom is -0.418 e. The molecule has 0 amide bonds. The summed E-state index contributed by atoms with van der Waals surface area (Å²) < 4.78 is 39.0. The molecule has 230 valence electrons. The van der Waals surface area contributed by atoms with Crippen molar-refractivity contribution in [3.05, 3.63) is 170 Å². The fourth-order valence-electron chi connectivity index (χ4n) is 3.65. The topological polar surface area (TPSA) is 12.4 Å². The van der Waals surface area contributed by atoms with E-state index in [2.05, 4.69) is 124 Å². The smallest absolute Gasteiger partial charge is 0.418 e. The fourth-order valence-corrected chi connectivity index (χ4v) is 6.07. The van der Waals surface area contributed by atoms with E-state index < -0.39 is 15.2 Å². The number of nitrogens with zero attached hydrogens (tertiary/aromatic N) is 1. The van der Waals surface area contributed by atoms with E-state index in [0.29, 0.717) is 0 Å². The zero-order chi connectivity index (χ0) is 29.9. The molecular weight excluding hydrogens is 702 g/mol. The monoisotopic (exact) mass is 736 g/mol. The van der Waals surface area contributed by atoms with Crippen LogP contribution in [0.2, 0.25) is 0 Å². The number of allylic oxidation sites excluding steroid dienone is 1. The SMILES string of the molecule is C=C[CH2-].C[C@H](N=Cc1ccc[c-]1P(c1ccccc1)c1ccccc1)c1ccccc1.F[B-](F)(F)F.[Fe+2].[H+].[Pd].c1cc[cH-]c1. The third kappa shape index (κ3) is 16.5. The Hall–Kier alpha value is -2.96. The summed E-state index contributed by atoms with van der Waals surface area (Å²) in [7, 11) is -6.61. The van der Waals surface area contributed by atoms with E-state index in [1.54, 1.807) is 0 Å². The van der Waals surface area contributed by atoms with Gasteiger partial charge < -0.3 is 22.3 Å². The van der Waals surface area contributed by atoms with Crippen molar-refractivity contribution in [2.75, 3.05) is 0 Å². The van der Waals surface area contributed by atoms with Crippen LogP contribution in [0.4, 0.5) is 17.3 Å². The van der Waals surface area contributed by atoms with Crippen molar-refractivity contribution in [3.63, 3.8) is 0 Å². The van der Waals surface area contributed by atoms with E-state index >= 15 is 0 Å². The van der Waals surface area contributed by atoms with Crippen LogP contribution < -0.4 is 15.9 Å². The van der Waals surface area contributed by atoms with Crippen LogP contribution >= 0.6 is 7.92 Å². The average molecular weight is 737 g/mol. The largest absolute Gasteiger partial charge is 2.00 e. The molecule has 0 aliphatic carbocycles. The minimum absolute atomic E-state index is 0. The predicted octanol–water partition coefficient (Wildman–Crippen LogP) is 9.16. The van der Waals surface area contributed by atoms with E-state index in [-0.39, 0.29) is 45.0 Å². The van der Waals surface area contributed by atoms with Crippen LogP contribution in [0, 0.1) is 6.92 Å². The Morgan fingerprint density at radius 2 is 1.23 bits per heavy atom. The molecule has 0 heterocycles. The third-order valence-electron chi connectivity index (χ3n) is 5.37. The van der Waals surface area contributed by atoms with E-state index in [0.717, 1.165) is 0 Å². The van der Waals surface area contributed by atoms with Crippen molar-refractivity contribution in [3.8, 4) is 0 Å². The summed E-state index contributed by atoms with van der Waals surface area (Å²) >= 11 is 0. The molecule has 0 bridgehead atoms. The second kappa shape index (κ2) is 22.6. The van der Waals surface area contributed by atoms with Crippen LogP contribution in [0.3, 0.4) is 0 Å². The van der Waals surface area contributed by atoms with E-state index in [9.17, 15) is 17.3 Å². The van der Waals surface area contributed by atoms with E-state index in [1.807, 2.05) is 42.6 Å². The second-order valence-corrected chi connectivity index (χ2v) is 10.7. The molecule has 1 atom stereocenters. The molecule has 9 heteroatoms. The zero-order valence-electron chi connectivity index (χ0n) is 24.6. The quantitative estimate of drug-likeness (QED) is 0.0543. The number of benzene rings is 3. The van der Waals surface area contributed by atoms with Crippen molar-refractivity contribution >= 4 is 37.3 Å². The van der Waals surface area contributed by atoms with Crippen molar-refractivity contribution in [1.82, 2.24) is 0 Å². The van der Waals surface area contributed by atoms with Gasteiger partial charge in [0, 0.05) is 20.4 Å². The summed E-state index contributed by atoms with van der Waals surface area (Å²) in [6, 6.07) is 48.8. The van der Waals surface area contributed by atoms with Crippen molar-refractivity contribution < 1.29 is 56.2 Å². The number of rotatable bonds is 6. The first-order valence-corrected chi connectivity index (χ1v) is 14.3. The van der Waals surface area contributed by atoms with Gasteiger partial charge in [-0.25, -0.2) is 31.7 Å². The minimum atomic E-state index is -6.00. The summed E-state index contributed by atoms with van der Waals surface area (Å²) in [5.41, 5.74) is 2.45. The van der Waals surface area contributed by atoms with Crippen LogP contribution in [-0.4, -0.2) is 13.5 Å². The van der Waals surface area contributed by atoms with Gasteiger partial charge in [-0.15, -0.1) is 11.6 Å². The van der Waals surface area contributed by atoms with Crippen LogP contribution in [-0.2, 0) is 37.5 Å². The molecule has 5 aromatic rings. The molecule has 0 fully saturated rings. The van der Waals surface area contributed by atoms with Crippen LogP contribution in [0.1, 0.15) is 25.5 Å². The normalized spacial score (nSPS) is 10.7. The second-order valence-electron chi connectivity index (χ2n) is 8.48. The van der Waals surface area contributed by atoms with Gasteiger partial charge in [0.05, 0.1) is 6.04 Å². The summed E-state index contributed by atoms with van der Waals surface area (Å²) in [6.07, 6.45) is 3.55. The first-order chi connectivity index (χ1) is 19.7. The van der Waals surface area contributed by atoms with Gasteiger partial charge in [0.15, 0.2) is 0 Å². The number of halogens is 4. The Balaban J connectivity index is 0. The molecule has 5 aromatic carbocycles. The summed E-state index contributed by atoms with van der Waals surface area (Å²) in [5, 5.41) is 4.08. The molecule has 0 N–H and O–H groups in total. The van der Waals surface area contributed by atoms with Gasteiger partial charge in [-0.05, 0) is 23.1 Å². The predicted molar refractivity (Wildman–Crippen MR) is 172 cm³/mol. The van der Waals surface area contributed by atoms with Gasteiger partial charge in [-0.2, -0.15) is 30.3 Å². The number of hydrogen-bond acceptors (Lipinski definition) is 1. The van der Waals surface area contributed by atoms with Gasteiger partial charge in [0.2, 0.25) is 0 Å². The molecular formula is C34H34BF4FeNPPd-.